The molecule has 27 heavy (non-hydrogen) atoms. The molecule has 0 bridgehead atoms. The first-order chi connectivity index (χ1) is 13.1. The number of aliphatic imine (C=N–C) groups is 1. The number of rotatable bonds is 5. The predicted octanol–water partition coefficient (Wildman–Crippen LogP) is 3.20. The van der Waals surface area contributed by atoms with Crippen LogP contribution in [0.5, 0.6) is 0 Å². The summed E-state index contributed by atoms with van der Waals surface area (Å²) < 4.78 is 18.3. The standard InChI is InChI=1S/C18H17ClFN5O2/c1-27-8-7-21-18(23-17(26)11-3-2-4-12(19)9-11)22-16-14-6-5-13(20)10-15(14)24-25-16/h2-6,9-10H,7-8H2,1H3,(H3,21,22,23,24,25,26). The Morgan fingerprint density at radius 2 is 2.19 bits per heavy atom. The third kappa shape index (κ3) is 4.81. The van der Waals surface area contributed by atoms with Crippen molar-refractivity contribution in [2.45, 2.75) is 0 Å². The zero-order valence-corrected chi connectivity index (χ0v) is 15.2. The Morgan fingerprint density at radius 1 is 1.33 bits per heavy atom. The van der Waals surface area contributed by atoms with Crippen molar-refractivity contribution < 1.29 is 13.9 Å². The van der Waals surface area contributed by atoms with Crippen molar-refractivity contribution in [2.24, 2.45) is 4.99 Å². The van der Waals surface area contributed by atoms with Crippen molar-refractivity contribution in [2.75, 3.05) is 25.6 Å². The van der Waals surface area contributed by atoms with E-state index in [2.05, 4.69) is 25.8 Å². The van der Waals surface area contributed by atoms with Crippen LogP contribution in [-0.2, 0) is 4.74 Å². The van der Waals surface area contributed by atoms with Gasteiger partial charge in [-0.1, -0.05) is 17.7 Å². The fraction of sp³-hybridized carbons (Fsp3) is 0.167. The molecule has 0 radical (unpaired) electrons. The van der Waals surface area contributed by atoms with Crippen molar-refractivity contribution in [1.29, 1.82) is 0 Å². The Morgan fingerprint density at radius 3 is 2.96 bits per heavy atom. The maximum Gasteiger partial charge on any atom is 0.258 e. The van der Waals surface area contributed by atoms with Crippen LogP contribution in [0.3, 0.4) is 0 Å². The highest BCUT2D eigenvalue weighted by Gasteiger charge is 2.13. The van der Waals surface area contributed by atoms with Crippen LogP contribution in [0.15, 0.2) is 47.5 Å². The second-order valence-electron chi connectivity index (χ2n) is 5.57. The zero-order valence-electron chi connectivity index (χ0n) is 14.4. The van der Waals surface area contributed by atoms with Gasteiger partial charge in [0.1, 0.15) is 5.82 Å². The number of hydrogen-bond acceptors (Lipinski definition) is 4. The molecule has 0 aliphatic rings. The largest absolute Gasteiger partial charge is 0.383 e. The highest BCUT2D eigenvalue weighted by Crippen LogP contribution is 2.21. The Kier molecular flexibility index (Phi) is 6.00. The summed E-state index contributed by atoms with van der Waals surface area (Å²) in [7, 11) is 1.56. The molecule has 3 N–H and O–H groups in total. The molecule has 2 aromatic carbocycles. The number of nitrogens with zero attached hydrogens (tertiary/aromatic N) is 2. The number of ether oxygens (including phenoxy) is 1. The Labute approximate surface area is 159 Å². The van der Waals surface area contributed by atoms with Crippen LogP contribution in [-0.4, -0.2) is 42.3 Å². The van der Waals surface area contributed by atoms with Gasteiger partial charge >= 0.3 is 0 Å². The summed E-state index contributed by atoms with van der Waals surface area (Å²) in [6.45, 7) is 0.705. The van der Waals surface area contributed by atoms with Crippen molar-refractivity contribution in [3.8, 4) is 0 Å². The molecular weight excluding hydrogens is 373 g/mol. The molecule has 0 atom stereocenters. The van der Waals surface area contributed by atoms with Gasteiger partial charge in [-0.15, -0.1) is 0 Å². The summed E-state index contributed by atoms with van der Waals surface area (Å²) in [5.74, 6) is -0.157. The fourth-order valence-corrected chi connectivity index (χ4v) is 2.56. The molecule has 3 aromatic rings. The summed E-state index contributed by atoms with van der Waals surface area (Å²) in [6.07, 6.45) is 0. The second-order valence-corrected chi connectivity index (χ2v) is 6.01. The molecule has 3 rings (SSSR count). The maximum absolute atomic E-state index is 13.3. The number of nitrogens with one attached hydrogen (secondary N) is 3. The summed E-state index contributed by atoms with van der Waals surface area (Å²) >= 11 is 5.93. The third-order valence-electron chi connectivity index (χ3n) is 3.65. The molecule has 0 saturated heterocycles. The molecule has 0 saturated carbocycles. The van der Waals surface area contributed by atoms with Gasteiger partial charge in [-0.05, 0) is 36.4 Å². The lowest BCUT2D eigenvalue weighted by atomic mass is 10.2. The molecule has 0 aliphatic heterocycles. The second kappa shape index (κ2) is 8.61. The summed E-state index contributed by atoms with van der Waals surface area (Å²) in [5.41, 5.74) is 0.910. The quantitative estimate of drug-likeness (QED) is 0.355. The van der Waals surface area contributed by atoms with Crippen molar-refractivity contribution in [1.82, 2.24) is 15.5 Å². The van der Waals surface area contributed by atoms with Crippen LogP contribution in [0.1, 0.15) is 10.4 Å². The lowest BCUT2D eigenvalue weighted by Gasteiger charge is -2.10. The number of aromatic nitrogens is 2. The topological polar surface area (TPSA) is 91.4 Å². The normalized spacial score (nSPS) is 11.6. The van der Waals surface area contributed by atoms with Crippen LogP contribution < -0.4 is 10.6 Å². The van der Waals surface area contributed by atoms with E-state index in [0.717, 1.165) is 0 Å². The number of aromatic amines is 1. The van der Waals surface area contributed by atoms with Gasteiger partial charge in [0, 0.05) is 23.1 Å². The lowest BCUT2D eigenvalue weighted by molar-refractivity contribution is 0.0976. The first-order valence-electron chi connectivity index (χ1n) is 8.08. The van der Waals surface area contributed by atoms with Gasteiger partial charge in [0.15, 0.2) is 5.82 Å². The number of anilines is 1. The van der Waals surface area contributed by atoms with Crippen LogP contribution in [0.25, 0.3) is 10.9 Å². The maximum atomic E-state index is 13.3. The molecular formula is C18H17ClFN5O2. The molecule has 7 nitrogen and oxygen atoms in total. The average Bonchev–Trinajstić information content (AvgIpc) is 3.03. The SMILES string of the molecule is COCCN=C(NC(=O)c1cccc(Cl)c1)Nc1n[nH]c2cc(F)ccc12. The van der Waals surface area contributed by atoms with Gasteiger partial charge in [0.25, 0.3) is 5.91 Å². The number of halogens is 2. The Hall–Kier alpha value is -2.97. The minimum Gasteiger partial charge on any atom is -0.383 e. The summed E-state index contributed by atoms with van der Waals surface area (Å²) in [4.78, 5) is 16.8. The number of carbonyl (C=O) groups excluding carboxylic acids is 1. The average molecular weight is 390 g/mol. The minimum atomic E-state index is -0.382. The van der Waals surface area contributed by atoms with Crippen molar-refractivity contribution in [3.63, 3.8) is 0 Å². The highest BCUT2D eigenvalue weighted by molar-refractivity contribution is 6.31. The van der Waals surface area contributed by atoms with Crippen molar-refractivity contribution in [3.05, 3.63) is 58.9 Å². The summed E-state index contributed by atoms with van der Waals surface area (Å²) in [5, 5.41) is 13.6. The molecule has 0 aliphatic carbocycles. The highest BCUT2D eigenvalue weighted by atomic mass is 35.5. The summed E-state index contributed by atoms with van der Waals surface area (Å²) in [6, 6.07) is 10.8. The van der Waals surface area contributed by atoms with E-state index in [1.54, 1.807) is 37.4 Å². The van der Waals surface area contributed by atoms with E-state index in [4.69, 9.17) is 16.3 Å². The molecule has 1 aromatic heterocycles. The predicted molar refractivity (Wildman–Crippen MR) is 103 cm³/mol. The van der Waals surface area contributed by atoms with E-state index in [1.807, 2.05) is 0 Å². The number of carbonyl (C=O) groups is 1. The smallest absolute Gasteiger partial charge is 0.258 e. The van der Waals surface area contributed by atoms with E-state index in [1.165, 1.54) is 12.1 Å². The molecule has 140 valence electrons. The van der Waals surface area contributed by atoms with Gasteiger partial charge in [-0.25, -0.2) is 4.39 Å². The minimum absolute atomic E-state index is 0.190. The van der Waals surface area contributed by atoms with Crippen LogP contribution in [0.2, 0.25) is 5.02 Å². The van der Waals surface area contributed by atoms with Gasteiger partial charge < -0.3 is 10.1 Å². The van der Waals surface area contributed by atoms with E-state index in [-0.39, 0.29) is 17.7 Å². The molecule has 1 heterocycles. The first-order valence-corrected chi connectivity index (χ1v) is 8.45. The van der Waals surface area contributed by atoms with E-state index >= 15 is 0 Å². The first kappa shape index (κ1) is 18.8. The van der Waals surface area contributed by atoms with Gasteiger partial charge in [0.2, 0.25) is 5.96 Å². The van der Waals surface area contributed by atoms with E-state index in [0.29, 0.717) is 40.5 Å². The van der Waals surface area contributed by atoms with Crippen LogP contribution in [0.4, 0.5) is 10.2 Å². The number of guanidine groups is 1. The van der Waals surface area contributed by atoms with Crippen LogP contribution >= 0.6 is 11.6 Å². The molecule has 9 heteroatoms. The molecule has 0 fully saturated rings. The third-order valence-corrected chi connectivity index (χ3v) is 3.88. The van der Waals surface area contributed by atoms with Crippen molar-refractivity contribution >= 4 is 40.2 Å². The molecule has 0 unspecified atom stereocenters. The molecule has 1 amide bonds. The number of benzene rings is 2. The fourth-order valence-electron chi connectivity index (χ4n) is 2.37. The van der Waals surface area contributed by atoms with Gasteiger partial charge in [-0.3, -0.25) is 20.2 Å². The number of hydrogen-bond donors (Lipinski definition) is 3. The Balaban J connectivity index is 1.82. The number of amides is 1. The Bertz CT molecular complexity index is 989. The zero-order chi connectivity index (χ0) is 19.2. The number of fused-ring (bicyclic) bond motifs is 1. The van der Waals surface area contributed by atoms with Crippen LogP contribution in [0, 0.1) is 5.82 Å². The number of methoxy groups -OCH3 is 1. The monoisotopic (exact) mass is 389 g/mol. The molecule has 0 spiro atoms. The lowest BCUT2D eigenvalue weighted by Crippen LogP contribution is -2.36. The van der Waals surface area contributed by atoms with Gasteiger partial charge in [0.05, 0.1) is 18.7 Å². The van der Waals surface area contributed by atoms with E-state index in [9.17, 15) is 9.18 Å². The number of H-pyrrole nitrogens is 1. The van der Waals surface area contributed by atoms with E-state index < -0.39 is 0 Å². The van der Waals surface area contributed by atoms with Gasteiger partial charge in [-0.2, -0.15) is 5.10 Å².